The van der Waals surface area contributed by atoms with Gasteiger partial charge in [-0.25, -0.2) is 4.79 Å². The van der Waals surface area contributed by atoms with Crippen molar-refractivity contribution in [1.29, 1.82) is 0 Å². The van der Waals surface area contributed by atoms with Gasteiger partial charge in [-0.15, -0.1) is 0 Å². The number of amides is 1. The molecule has 1 heterocycles. The van der Waals surface area contributed by atoms with Crippen LogP contribution in [0.1, 0.15) is 15.9 Å². The van der Waals surface area contributed by atoms with Crippen molar-refractivity contribution >= 4 is 22.8 Å². The second-order valence-electron chi connectivity index (χ2n) is 6.02. The van der Waals surface area contributed by atoms with Gasteiger partial charge in [-0.2, -0.15) is 8.78 Å². The quantitative estimate of drug-likeness (QED) is 0.609. The lowest BCUT2D eigenvalue weighted by Gasteiger charge is -2.16. The van der Waals surface area contributed by atoms with E-state index in [1.807, 2.05) is 24.3 Å². The predicted octanol–water partition coefficient (Wildman–Crippen LogP) is 3.28. The topological polar surface area (TPSA) is 80.4 Å². The molecule has 0 spiro atoms. The molecular weight excluding hydrogens is 370 g/mol. The van der Waals surface area contributed by atoms with Gasteiger partial charge in [-0.1, -0.05) is 24.3 Å². The maximum atomic E-state index is 12.5. The summed E-state index contributed by atoms with van der Waals surface area (Å²) in [6.45, 7) is -3.00. The molecular formula is C20H18F2N2O4. The highest BCUT2D eigenvalue weighted by Crippen LogP contribution is 2.20. The molecule has 0 saturated heterocycles. The van der Waals surface area contributed by atoms with Gasteiger partial charge >= 0.3 is 12.6 Å². The maximum Gasteiger partial charge on any atom is 0.387 e. The summed E-state index contributed by atoms with van der Waals surface area (Å²) in [6, 6.07) is 12.0. The molecule has 1 aromatic heterocycles. The lowest BCUT2D eigenvalue weighted by Crippen LogP contribution is -2.43. The first kappa shape index (κ1) is 19.3. The third kappa shape index (κ3) is 4.46. The Hall–Kier alpha value is -3.42. The Kier molecular flexibility index (Phi) is 5.88. The lowest BCUT2D eigenvalue weighted by molar-refractivity contribution is -0.142. The molecule has 1 atom stereocenters. The average Bonchev–Trinajstić information content (AvgIpc) is 3.09. The van der Waals surface area contributed by atoms with E-state index in [0.29, 0.717) is 0 Å². The number of benzene rings is 2. The standard InChI is InChI=1S/C20H18F2N2O4/c1-27-19(26)17(10-13-11-23-16-8-3-2-7-15(13)16)24-18(25)12-5-4-6-14(9-12)28-20(21)22/h2-9,11,17,20,23H,10H2,1H3,(H,24,25). The fraction of sp³-hybridized carbons (Fsp3) is 0.200. The van der Waals surface area contributed by atoms with E-state index >= 15 is 0 Å². The van der Waals surface area contributed by atoms with Gasteiger partial charge in [0.15, 0.2) is 0 Å². The summed E-state index contributed by atoms with van der Waals surface area (Å²) in [5.41, 5.74) is 1.83. The number of esters is 1. The molecule has 28 heavy (non-hydrogen) atoms. The second-order valence-corrected chi connectivity index (χ2v) is 6.02. The predicted molar refractivity (Wildman–Crippen MR) is 98.3 cm³/mol. The zero-order chi connectivity index (χ0) is 20.1. The Morgan fingerprint density at radius 2 is 1.93 bits per heavy atom. The van der Waals surface area contributed by atoms with Gasteiger partial charge in [0.25, 0.3) is 5.91 Å². The Morgan fingerprint density at radius 3 is 2.68 bits per heavy atom. The molecule has 3 rings (SSSR count). The van der Waals surface area contributed by atoms with Crippen molar-refractivity contribution in [3.05, 3.63) is 65.9 Å². The molecule has 6 nitrogen and oxygen atoms in total. The van der Waals surface area contributed by atoms with E-state index in [-0.39, 0.29) is 17.7 Å². The van der Waals surface area contributed by atoms with Crippen molar-refractivity contribution in [3.63, 3.8) is 0 Å². The summed E-state index contributed by atoms with van der Waals surface area (Å²) in [6.07, 6.45) is 1.97. The van der Waals surface area contributed by atoms with Crippen molar-refractivity contribution in [2.45, 2.75) is 19.1 Å². The van der Waals surface area contributed by atoms with Crippen LogP contribution in [-0.2, 0) is 16.0 Å². The third-order valence-electron chi connectivity index (χ3n) is 4.21. The minimum Gasteiger partial charge on any atom is -0.467 e. The van der Waals surface area contributed by atoms with Crippen molar-refractivity contribution in [3.8, 4) is 5.75 Å². The fourth-order valence-electron chi connectivity index (χ4n) is 2.91. The van der Waals surface area contributed by atoms with Gasteiger partial charge < -0.3 is 19.8 Å². The molecule has 0 aliphatic carbocycles. The highest BCUT2D eigenvalue weighted by atomic mass is 19.3. The monoisotopic (exact) mass is 388 g/mol. The van der Waals surface area contributed by atoms with Crippen molar-refractivity contribution in [2.75, 3.05) is 7.11 Å². The average molecular weight is 388 g/mol. The normalized spacial score (nSPS) is 12.0. The Labute approximate surface area is 159 Å². The van der Waals surface area contributed by atoms with E-state index in [1.165, 1.54) is 31.4 Å². The number of aromatic amines is 1. The lowest BCUT2D eigenvalue weighted by atomic mass is 10.0. The van der Waals surface area contributed by atoms with Gasteiger partial charge in [0, 0.05) is 29.1 Å². The molecule has 0 aliphatic heterocycles. The summed E-state index contributed by atoms with van der Waals surface area (Å²) in [5, 5.41) is 3.53. The van der Waals surface area contributed by atoms with Crippen LogP contribution < -0.4 is 10.1 Å². The van der Waals surface area contributed by atoms with E-state index in [4.69, 9.17) is 4.74 Å². The van der Waals surface area contributed by atoms with Crippen LogP contribution in [-0.4, -0.2) is 36.6 Å². The number of para-hydroxylation sites is 1. The minimum absolute atomic E-state index is 0.0889. The van der Waals surface area contributed by atoms with Gasteiger partial charge in [-0.05, 0) is 29.8 Å². The molecule has 2 N–H and O–H groups in total. The molecule has 8 heteroatoms. The Morgan fingerprint density at radius 1 is 1.14 bits per heavy atom. The number of aromatic nitrogens is 1. The SMILES string of the molecule is COC(=O)C(Cc1c[nH]c2ccccc12)NC(=O)c1cccc(OC(F)F)c1. The Bertz CT molecular complexity index is 987. The van der Waals surface area contributed by atoms with E-state index < -0.39 is 24.5 Å². The summed E-state index contributed by atoms with van der Waals surface area (Å²) < 4.78 is 33.8. The molecule has 0 aliphatic rings. The summed E-state index contributed by atoms with van der Waals surface area (Å²) >= 11 is 0. The number of alkyl halides is 2. The van der Waals surface area contributed by atoms with Crippen molar-refractivity contribution in [1.82, 2.24) is 10.3 Å². The van der Waals surface area contributed by atoms with Crippen LogP contribution in [0.3, 0.4) is 0 Å². The number of H-pyrrole nitrogens is 1. The molecule has 146 valence electrons. The number of halogens is 2. The first-order chi connectivity index (χ1) is 13.5. The number of hydrogen-bond donors (Lipinski definition) is 2. The summed E-state index contributed by atoms with van der Waals surface area (Å²) in [7, 11) is 1.23. The van der Waals surface area contributed by atoms with E-state index in [9.17, 15) is 18.4 Å². The molecule has 0 bridgehead atoms. The number of nitrogens with one attached hydrogen (secondary N) is 2. The number of carbonyl (C=O) groups is 2. The van der Waals surface area contributed by atoms with E-state index in [1.54, 1.807) is 6.20 Å². The van der Waals surface area contributed by atoms with Gasteiger partial charge in [0.1, 0.15) is 11.8 Å². The van der Waals surface area contributed by atoms with E-state index in [2.05, 4.69) is 15.0 Å². The van der Waals surface area contributed by atoms with Gasteiger partial charge in [-0.3, -0.25) is 4.79 Å². The minimum atomic E-state index is -3.00. The number of methoxy groups -OCH3 is 1. The van der Waals surface area contributed by atoms with Crippen LogP contribution in [0.2, 0.25) is 0 Å². The first-order valence-electron chi connectivity index (χ1n) is 8.46. The second kappa shape index (κ2) is 8.51. The van der Waals surface area contributed by atoms with Gasteiger partial charge in [0.05, 0.1) is 7.11 Å². The Balaban J connectivity index is 1.79. The number of rotatable bonds is 7. The highest BCUT2D eigenvalue weighted by Gasteiger charge is 2.24. The van der Waals surface area contributed by atoms with Crippen LogP contribution in [0.15, 0.2) is 54.7 Å². The zero-order valence-electron chi connectivity index (χ0n) is 14.9. The van der Waals surface area contributed by atoms with Crippen LogP contribution in [0.4, 0.5) is 8.78 Å². The van der Waals surface area contributed by atoms with E-state index in [0.717, 1.165) is 16.5 Å². The number of carbonyl (C=O) groups excluding carboxylic acids is 2. The van der Waals surface area contributed by atoms with Crippen LogP contribution in [0, 0.1) is 0 Å². The highest BCUT2D eigenvalue weighted by molar-refractivity contribution is 5.97. The van der Waals surface area contributed by atoms with Crippen molar-refractivity contribution in [2.24, 2.45) is 0 Å². The first-order valence-corrected chi connectivity index (χ1v) is 8.46. The molecule has 1 unspecified atom stereocenters. The summed E-state index contributed by atoms with van der Waals surface area (Å²) in [4.78, 5) is 27.8. The molecule has 3 aromatic rings. The third-order valence-corrected chi connectivity index (χ3v) is 4.21. The van der Waals surface area contributed by atoms with Crippen LogP contribution in [0.25, 0.3) is 10.9 Å². The maximum absolute atomic E-state index is 12.5. The summed E-state index contributed by atoms with van der Waals surface area (Å²) in [5.74, 6) is -1.36. The molecule has 2 aromatic carbocycles. The molecule has 0 fully saturated rings. The van der Waals surface area contributed by atoms with Crippen LogP contribution >= 0.6 is 0 Å². The molecule has 1 amide bonds. The number of ether oxygens (including phenoxy) is 2. The smallest absolute Gasteiger partial charge is 0.387 e. The number of hydrogen-bond acceptors (Lipinski definition) is 4. The van der Waals surface area contributed by atoms with Gasteiger partial charge in [0.2, 0.25) is 0 Å². The van der Waals surface area contributed by atoms with Crippen LogP contribution in [0.5, 0.6) is 5.75 Å². The fourth-order valence-corrected chi connectivity index (χ4v) is 2.91. The number of fused-ring (bicyclic) bond motifs is 1. The largest absolute Gasteiger partial charge is 0.467 e. The zero-order valence-corrected chi connectivity index (χ0v) is 14.9. The molecule has 0 radical (unpaired) electrons. The van der Waals surface area contributed by atoms with Crippen molar-refractivity contribution < 1.29 is 27.8 Å². The molecule has 0 saturated carbocycles.